The van der Waals surface area contributed by atoms with Gasteiger partial charge in [0.2, 0.25) is 5.91 Å². The molecule has 1 heterocycles. The van der Waals surface area contributed by atoms with Crippen molar-refractivity contribution >= 4 is 24.3 Å². The van der Waals surface area contributed by atoms with Crippen LogP contribution in [0.1, 0.15) is 45.6 Å². The van der Waals surface area contributed by atoms with Crippen LogP contribution in [0.15, 0.2) is 24.3 Å². The van der Waals surface area contributed by atoms with Gasteiger partial charge in [0.1, 0.15) is 11.9 Å². The second-order valence-corrected chi connectivity index (χ2v) is 7.94. The van der Waals surface area contributed by atoms with Gasteiger partial charge < -0.3 is 21.3 Å². The first-order chi connectivity index (χ1) is 12.7. The van der Waals surface area contributed by atoms with Crippen LogP contribution in [0.3, 0.4) is 0 Å². The molecule has 0 aliphatic carbocycles. The predicted octanol–water partition coefficient (Wildman–Crippen LogP) is 2.80. The van der Waals surface area contributed by atoms with Gasteiger partial charge in [-0.3, -0.25) is 4.79 Å². The average Bonchev–Trinajstić information content (AvgIpc) is 2.62. The fourth-order valence-corrected chi connectivity index (χ4v) is 3.32. The summed E-state index contributed by atoms with van der Waals surface area (Å²) in [6.45, 7) is 7.58. The Labute approximate surface area is 172 Å². The normalized spacial score (nSPS) is 19.3. The van der Waals surface area contributed by atoms with E-state index in [9.17, 15) is 14.0 Å². The van der Waals surface area contributed by atoms with Crippen LogP contribution in [-0.2, 0) is 11.3 Å². The third kappa shape index (κ3) is 6.63. The van der Waals surface area contributed by atoms with Gasteiger partial charge in [-0.2, -0.15) is 0 Å². The molecule has 2 unspecified atom stereocenters. The Kier molecular flexibility index (Phi) is 9.17. The van der Waals surface area contributed by atoms with Crippen molar-refractivity contribution < 1.29 is 14.0 Å². The van der Waals surface area contributed by atoms with Crippen molar-refractivity contribution in [3.05, 3.63) is 35.6 Å². The summed E-state index contributed by atoms with van der Waals surface area (Å²) in [5, 5.41) is 5.51. The molecule has 1 aliphatic heterocycles. The minimum absolute atomic E-state index is 0. The first-order valence-electron chi connectivity index (χ1n) is 9.56. The van der Waals surface area contributed by atoms with Gasteiger partial charge in [0.15, 0.2) is 0 Å². The number of nitrogens with zero attached hydrogens (tertiary/aromatic N) is 1. The third-order valence-electron chi connectivity index (χ3n) is 5.17. The second kappa shape index (κ2) is 10.6. The number of benzene rings is 1. The first-order valence-corrected chi connectivity index (χ1v) is 9.56. The van der Waals surface area contributed by atoms with Gasteiger partial charge in [-0.25, -0.2) is 9.18 Å². The minimum Gasteiger partial charge on any atom is -0.340 e. The van der Waals surface area contributed by atoms with Gasteiger partial charge in [0.05, 0.1) is 0 Å². The summed E-state index contributed by atoms with van der Waals surface area (Å²) >= 11 is 0. The molecular weight excluding hydrogens is 383 g/mol. The number of hydrogen-bond donors (Lipinski definition) is 3. The average molecular weight is 415 g/mol. The monoisotopic (exact) mass is 414 g/mol. The van der Waals surface area contributed by atoms with Crippen LogP contribution in [0, 0.1) is 11.2 Å². The van der Waals surface area contributed by atoms with E-state index in [1.165, 1.54) is 12.1 Å². The number of carbonyl (C=O) groups excluding carboxylic acids is 2. The maximum Gasteiger partial charge on any atom is 0.315 e. The number of urea groups is 1. The Balaban J connectivity index is 0.00000392. The molecular formula is C20H32ClFN4O2. The predicted molar refractivity (Wildman–Crippen MR) is 111 cm³/mol. The highest BCUT2D eigenvalue weighted by Gasteiger charge is 2.37. The van der Waals surface area contributed by atoms with Crippen molar-refractivity contribution in [1.29, 1.82) is 0 Å². The van der Waals surface area contributed by atoms with Crippen molar-refractivity contribution in [3.8, 4) is 0 Å². The summed E-state index contributed by atoms with van der Waals surface area (Å²) in [6.07, 6.45) is 2.12. The molecule has 0 aromatic heterocycles. The number of carbonyl (C=O) groups is 2. The molecule has 8 heteroatoms. The minimum atomic E-state index is -0.562. The van der Waals surface area contributed by atoms with E-state index >= 15 is 0 Å². The lowest BCUT2D eigenvalue weighted by atomic mass is 9.79. The number of nitrogens with two attached hydrogens (primary N) is 1. The number of piperidine rings is 1. The molecule has 158 valence electrons. The Hall–Kier alpha value is -1.86. The van der Waals surface area contributed by atoms with Crippen molar-refractivity contribution in [1.82, 2.24) is 15.5 Å². The number of hydrogen-bond acceptors (Lipinski definition) is 3. The number of halogens is 2. The summed E-state index contributed by atoms with van der Waals surface area (Å²) in [7, 11) is 0. The summed E-state index contributed by atoms with van der Waals surface area (Å²) in [5.74, 6) is -0.380. The number of nitrogens with one attached hydrogen (secondary N) is 2. The summed E-state index contributed by atoms with van der Waals surface area (Å²) in [4.78, 5) is 27.0. The first kappa shape index (κ1) is 24.2. The zero-order valence-corrected chi connectivity index (χ0v) is 17.7. The maximum absolute atomic E-state index is 12.9. The second-order valence-electron chi connectivity index (χ2n) is 7.94. The molecule has 6 nitrogen and oxygen atoms in total. The SMILES string of the molecule is CCCC(NC(=O)NCc1ccc(F)cc1)C(=O)N1CCC(N)C(C)(C)C1.Cl. The van der Waals surface area contributed by atoms with E-state index in [0.29, 0.717) is 19.5 Å². The fourth-order valence-electron chi connectivity index (χ4n) is 3.32. The standard InChI is InChI=1S/C20H31FN4O2.ClH/c1-4-5-16(18(26)25-11-10-17(22)20(2,3)13-25)24-19(27)23-12-14-6-8-15(21)9-7-14;/h6-9,16-17H,4-5,10-13,22H2,1-3H3,(H2,23,24,27);1H. The molecule has 0 bridgehead atoms. The van der Waals surface area contributed by atoms with Crippen molar-refractivity contribution in [2.45, 2.75) is 58.7 Å². The Morgan fingerprint density at radius 2 is 1.96 bits per heavy atom. The van der Waals surface area contributed by atoms with Crippen LogP contribution in [0.2, 0.25) is 0 Å². The van der Waals surface area contributed by atoms with Gasteiger partial charge in [-0.05, 0) is 36.0 Å². The lowest BCUT2D eigenvalue weighted by Gasteiger charge is -2.43. The smallest absolute Gasteiger partial charge is 0.315 e. The van der Waals surface area contributed by atoms with E-state index in [-0.39, 0.29) is 42.1 Å². The number of likely N-dealkylation sites (tertiary alicyclic amines) is 1. The van der Waals surface area contributed by atoms with Gasteiger partial charge in [-0.15, -0.1) is 12.4 Å². The van der Waals surface area contributed by atoms with E-state index in [0.717, 1.165) is 18.4 Å². The van der Waals surface area contributed by atoms with Gasteiger partial charge in [0.25, 0.3) is 0 Å². The molecule has 0 saturated carbocycles. The molecule has 1 aliphatic rings. The van der Waals surface area contributed by atoms with E-state index in [2.05, 4.69) is 24.5 Å². The number of rotatable bonds is 6. The van der Waals surface area contributed by atoms with E-state index in [4.69, 9.17) is 5.73 Å². The summed E-state index contributed by atoms with van der Waals surface area (Å²) in [5.41, 5.74) is 6.80. The molecule has 28 heavy (non-hydrogen) atoms. The Morgan fingerprint density at radius 1 is 1.32 bits per heavy atom. The van der Waals surface area contributed by atoms with Crippen LogP contribution in [0.25, 0.3) is 0 Å². The largest absolute Gasteiger partial charge is 0.340 e. The van der Waals surface area contributed by atoms with Crippen molar-refractivity contribution in [3.63, 3.8) is 0 Å². The molecule has 0 radical (unpaired) electrons. The van der Waals surface area contributed by atoms with Gasteiger partial charge in [0, 0.05) is 25.7 Å². The zero-order chi connectivity index (χ0) is 20.0. The van der Waals surface area contributed by atoms with Crippen LogP contribution in [0.5, 0.6) is 0 Å². The molecule has 1 aromatic rings. The molecule has 2 rings (SSSR count). The summed E-state index contributed by atoms with van der Waals surface area (Å²) < 4.78 is 12.9. The molecule has 3 amide bonds. The van der Waals surface area contributed by atoms with Crippen LogP contribution in [0.4, 0.5) is 9.18 Å². The van der Waals surface area contributed by atoms with E-state index < -0.39 is 12.1 Å². The summed E-state index contributed by atoms with van der Waals surface area (Å²) in [6, 6.07) is 5.03. The molecule has 1 aromatic carbocycles. The van der Waals surface area contributed by atoms with Crippen molar-refractivity contribution in [2.24, 2.45) is 11.1 Å². The van der Waals surface area contributed by atoms with Crippen LogP contribution >= 0.6 is 12.4 Å². The van der Waals surface area contributed by atoms with E-state index in [1.54, 1.807) is 12.1 Å². The highest BCUT2D eigenvalue weighted by Crippen LogP contribution is 2.28. The zero-order valence-electron chi connectivity index (χ0n) is 16.8. The molecule has 4 N–H and O–H groups in total. The lowest BCUT2D eigenvalue weighted by molar-refractivity contribution is -0.136. The molecule has 2 atom stereocenters. The maximum atomic E-state index is 12.9. The highest BCUT2D eigenvalue weighted by atomic mass is 35.5. The van der Waals surface area contributed by atoms with Gasteiger partial charge in [-0.1, -0.05) is 39.3 Å². The van der Waals surface area contributed by atoms with Gasteiger partial charge >= 0.3 is 6.03 Å². The quantitative estimate of drug-likeness (QED) is 0.668. The molecule has 1 saturated heterocycles. The highest BCUT2D eigenvalue weighted by molar-refractivity contribution is 5.87. The topological polar surface area (TPSA) is 87.5 Å². The molecule has 0 spiro atoms. The Bertz CT molecular complexity index is 654. The number of amides is 3. The van der Waals surface area contributed by atoms with E-state index in [1.807, 2.05) is 11.8 Å². The Morgan fingerprint density at radius 3 is 2.54 bits per heavy atom. The fraction of sp³-hybridized carbons (Fsp3) is 0.600. The van der Waals surface area contributed by atoms with Crippen LogP contribution < -0.4 is 16.4 Å². The lowest BCUT2D eigenvalue weighted by Crippen LogP contribution is -2.58. The van der Waals surface area contributed by atoms with Crippen molar-refractivity contribution in [2.75, 3.05) is 13.1 Å². The third-order valence-corrected chi connectivity index (χ3v) is 5.17. The molecule has 1 fully saturated rings. The van der Waals surface area contributed by atoms with Crippen LogP contribution in [-0.4, -0.2) is 42.0 Å².